The minimum Gasteiger partial charge on any atom is -0.314 e. The number of pyridine rings is 1. The van der Waals surface area contributed by atoms with Crippen molar-refractivity contribution < 1.29 is 8.42 Å². The molecule has 0 amide bonds. The molecule has 0 saturated carbocycles. The number of nitrogens with zero attached hydrogens (tertiary/aromatic N) is 3. The Morgan fingerprint density at radius 3 is 2.67 bits per heavy atom. The second-order valence-corrected chi connectivity index (χ2v) is 8.21. The summed E-state index contributed by atoms with van der Waals surface area (Å²) in [6, 6.07) is 3.60. The first-order valence-corrected chi connectivity index (χ1v) is 9.37. The fraction of sp³-hybridized carbons (Fsp3) is 0.615. The zero-order valence-corrected chi connectivity index (χ0v) is 14.1. The van der Waals surface area contributed by atoms with Crippen LogP contribution in [0.3, 0.4) is 0 Å². The summed E-state index contributed by atoms with van der Waals surface area (Å²) in [7, 11) is -3.47. The van der Waals surface area contributed by atoms with Crippen LogP contribution in [0.15, 0.2) is 27.8 Å². The number of halogens is 1. The van der Waals surface area contributed by atoms with E-state index in [4.69, 9.17) is 0 Å². The standard InChI is InChI=1S/C13H19BrN4O2S/c14-11-1-2-13(16-9-11)21(19,20)18-6-3-12(10-18)17-7-4-15-5-8-17/h1-2,9,12,15H,3-8,10H2. The average molecular weight is 375 g/mol. The van der Waals surface area contributed by atoms with E-state index in [1.54, 1.807) is 16.4 Å². The van der Waals surface area contributed by atoms with Crippen LogP contribution in [0.4, 0.5) is 0 Å². The number of aromatic nitrogens is 1. The molecule has 0 bridgehead atoms. The minimum atomic E-state index is -3.47. The largest absolute Gasteiger partial charge is 0.314 e. The molecule has 0 aliphatic carbocycles. The van der Waals surface area contributed by atoms with Gasteiger partial charge in [-0.3, -0.25) is 4.90 Å². The number of nitrogens with one attached hydrogen (secondary N) is 1. The molecule has 2 aliphatic heterocycles. The second-order valence-electron chi connectivity index (χ2n) is 5.41. The molecule has 1 unspecified atom stereocenters. The van der Waals surface area contributed by atoms with Gasteiger partial charge in [0.1, 0.15) is 0 Å². The topological polar surface area (TPSA) is 65.5 Å². The van der Waals surface area contributed by atoms with Gasteiger partial charge in [0.25, 0.3) is 10.0 Å². The quantitative estimate of drug-likeness (QED) is 0.834. The maximum absolute atomic E-state index is 12.6. The van der Waals surface area contributed by atoms with Crippen LogP contribution in [0.25, 0.3) is 0 Å². The lowest BCUT2D eigenvalue weighted by Gasteiger charge is -2.32. The van der Waals surface area contributed by atoms with E-state index in [1.165, 1.54) is 6.20 Å². The van der Waals surface area contributed by atoms with Crippen molar-refractivity contribution in [1.29, 1.82) is 0 Å². The van der Waals surface area contributed by atoms with Crippen molar-refractivity contribution in [3.63, 3.8) is 0 Å². The summed E-state index contributed by atoms with van der Waals surface area (Å²) in [5, 5.41) is 3.45. The van der Waals surface area contributed by atoms with Gasteiger partial charge in [0.2, 0.25) is 0 Å². The van der Waals surface area contributed by atoms with Crippen molar-refractivity contribution in [2.75, 3.05) is 39.3 Å². The van der Waals surface area contributed by atoms with Crippen molar-refractivity contribution in [3.05, 3.63) is 22.8 Å². The van der Waals surface area contributed by atoms with E-state index < -0.39 is 10.0 Å². The molecule has 116 valence electrons. The van der Waals surface area contributed by atoms with Crippen molar-refractivity contribution in [1.82, 2.24) is 19.5 Å². The lowest BCUT2D eigenvalue weighted by atomic mass is 10.2. The smallest absolute Gasteiger partial charge is 0.260 e. The molecule has 6 nitrogen and oxygen atoms in total. The minimum absolute atomic E-state index is 0.131. The van der Waals surface area contributed by atoms with E-state index in [-0.39, 0.29) is 5.03 Å². The molecule has 1 atom stereocenters. The van der Waals surface area contributed by atoms with E-state index in [0.717, 1.165) is 37.1 Å². The highest BCUT2D eigenvalue weighted by Crippen LogP contribution is 2.23. The molecule has 8 heteroatoms. The third kappa shape index (κ3) is 3.29. The molecule has 0 aromatic carbocycles. The fourth-order valence-corrected chi connectivity index (χ4v) is 4.56. The lowest BCUT2D eigenvalue weighted by Crippen LogP contribution is -2.49. The summed E-state index contributed by atoms with van der Waals surface area (Å²) in [6.45, 7) is 5.11. The highest BCUT2D eigenvalue weighted by molar-refractivity contribution is 9.10. The first-order chi connectivity index (χ1) is 10.1. The molecule has 2 fully saturated rings. The van der Waals surface area contributed by atoms with Crippen molar-refractivity contribution in [2.24, 2.45) is 0 Å². The number of piperazine rings is 1. The summed E-state index contributed by atoms with van der Waals surface area (Å²) in [5.41, 5.74) is 0. The first-order valence-electron chi connectivity index (χ1n) is 7.14. The third-order valence-electron chi connectivity index (χ3n) is 4.10. The van der Waals surface area contributed by atoms with Gasteiger partial charge in [0.15, 0.2) is 5.03 Å². The molecule has 3 rings (SSSR count). The molecule has 0 spiro atoms. The zero-order chi connectivity index (χ0) is 14.9. The Bertz CT molecular complexity index is 587. The number of rotatable bonds is 3. The summed E-state index contributed by atoms with van der Waals surface area (Å²) >= 11 is 3.27. The van der Waals surface area contributed by atoms with Gasteiger partial charge in [-0.2, -0.15) is 4.31 Å². The van der Waals surface area contributed by atoms with Gasteiger partial charge in [-0.25, -0.2) is 13.4 Å². The molecule has 21 heavy (non-hydrogen) atoms. The average Bonchev–Trinajstić information content (AvgIpc) is 2.99. The molecule has 2 saturated heterocycles. The molecular weight excluding hydrogens is 356 g/mol. The monoisotopic (exact) mass is 374 g/mol. The van der Waals surface area contributed by atoms with E-state index in [0.29, 0.717) is 19.1 Å². The van der Waals surface area contributed by atoms with E-state index in [9.17, 15) is 8.42 Å². The molecular formula is C13H19BrN4O2S. The van der Waals surface area contributed by atoms with Gasteiger partial charge < -0.3 is 5.32 Å². The lowest BCUT2D eigenvalue weighted by molar-refractivity contribution is 0.179. The Morgan fingerprint density at radius 2 is 2.00 bits per heavy atom. The Labute approximate surface area is 133 Å². The normalized spacial score (nSPS) is 25.3. The first kappa shape index (κ1) is 15.4. The Hall–Kier alpha value is -0.540. The van der Waals surface area contributed by atoms with E-state index in [1.807, 2.05) is 0 Å². The summed E-state index contributed by atoms with van der Waals surface area (Å²) in [4.78, 5) is 6.42. The Kier molecular flexibility index (Phi) is 4.60. The van der Waals surface area contributed by atoms with Crippen molar-refractivity contribution in [2.45, 2.75) is 17.5 Å². The van der Waals surface area contributed by atoms with Crippen LogP contribution in [0.1, 0.15) is 6.42 Å². The van der Waals surface area contributed by atoms with Crippen LogP contribution in [0, 0.1) is 0 Å². The van der Waals surface area contributed by atoms with Crippen molar-refractivity contribution >= 4 is 26.0 Å². The van der Waals surface area contributed by atoms with Crippen LogP contribution in [-0.2, 0) is 10.0 Å². The number of hydrogen-bond donors (Lipinski definition) is 1. The predicted octanol–water partition coefficient (Wildman–Crippen LogP) is 0.512. The van der Waals surface area contributed by atoms with Gasteiger partial charge in [-0.05, 0) is 34.5 Å². The molecule has 1 aromatic rings. The third-order valence-corrected chi connectivity index (χ3v) is 6.35. The maximum atomic E-state index is 12.6. The molecule has 0 radical (unpaired) electrons. The predicted molar refractivity (Wildman–Crippen MR) is 83.5 cm³/mol. The molecule has 1 aromatic heterocycles. The zero-order valence-electron chi connectivity index (χ0n) is 11.7. The Balaban J connectivity index is 1.71. The summed E-state index contributed by atoms with van der Waals surface area (Å²) in [6.07, 6.45) is 2.42. The number of hydrogen-bond acceptors (Lipinski definition) is 5. The van der Waals surface area contributed by atoms with Crippen LogP contribution >= 0.6 is 15.9 Å². The van der Waals surface area contributed by atoms with Gasteiger partial charge in [0.05, 0.1) is 0 Å². The SMILES string of the molecule is O=S(=O)(c1ccc(Br)cn1)N1CCC(N2CCNCC2)C1. The van der Waals surface area contributed by atoms with Gasteiger partial charge >= 0.3 is 0 Å². The van der Waals surface area contributed by atoms with Crippen LogP contribution < -0.4 is 5.32 Å². The van der Waals surface area contributed by atoms with Crippen LogP contribution in [-0.4, -0.2) is 67.9 Å². The highest BCUT2D eigenvalue weighted by Gasteiger charge is 2.36. The summed E-state index contributed by atoms with van der Waals surface area (Å²) in [5.74, 6) is 0. The summed E-state index contributed by atoms with van der Waals surface area (Å²) < 4.78 is 27.5. The fourth-order valence-electron chi connectivity index (χ4n) is 2.92. The van der Waals surface area contributed by atoms with Gasteiger partial charge in [-0.1, -0.05) is 0 Å². The van der Waals surface area contributed by atoms with Gasteiger partial charge in [-0.15, -0.1) is 0 Å². The molecule has 3 heterocycles. The molecule has 2 aliphatic rings. The highest BCUT2D eigenvalue weighted by atomic mass is 79.9. The number of sulfonamides is 1. The Morgan fingerprint density at radius 1 is 1.24 bits per heavy atom. The molecule has 1 N–H and O–H groups in total. The van der Waals surface area contributed by atoms with Gasteiger partial charge in [0, 0.05) is 56.0 Å². The van der Waals surface area contributed by atoms with Crippen molar-refractivity contribution in [3.8, 4) is 0 Å². The van der Waals surface area contributed by atoms with E-state index in [2.05, 4.69) is 31.1 Å². The van der Waals surface area contributed by atoms with Crippen LogP contribution in [0.5, 0.6) is 0 Å². The second kappa shape index (κ2) is 6.29. The maximum Gasteiger partial charge on any atom is 0.260 e. The van der Waals surface area contributed by atoms with E-state index >= 15 is 0 Å². The van der Waals surface area contributed by atoms with Crippen LogP contribution in [0.2, 0.25) is 0 Å².